The number of aliphatic carboxylic acids is 1. The molecule has 0 radical (unpaired) electrons. The molecule has 21 heavy (non-hydrogen) atoms. The standard InChI is InChI=1S/C13H17N3O5/c1-6-7(2)14-15(3)11(18)10(6)12(19)16-5-8(17)4-9(16)13(20)21/h8-9,17H,4-5H2,1-3H3,(H,20,21)/t8?,9-/m0/s1. The first-order chi connectivity index (χ1) is 9.73. The Morgan fingerprint density at radius 2 is 1.95 bits per heavy atom. The summed E-state index contributed by atoms with van der Waals surface area (Å²) in [6.45, 7) is 3.16. The van der Waals surface area contributed by atoms with Gasteiger partial charge in [-0.25, -0.2) is 9.48 Å². The Morgan fingerprint density at radius 3 is 2.52 bits per heavy atom. The minimum absolute atomic E-state index is 0.0372. The lowest BCUT2D eigenvalue weighted by Crippen LogP contribution is -2.44. The molecular formula is C13H17N3O5. The maximum atomic E-state index is 12.6. The maximum Gasteiger partial charge on any atom is 0.326 e. The summed E-state index contributed by atoms with van der Waals surface area (Å²) in [6, 6.07) is -1.12. The lowest BCUT2D eigenvalue weighted by molar-refractivity contribution is -0.141. The van der Waals surface area contributed by atoms with Crippen LogP contribution in [0.1, 0.15) is 28.0 Å². The van der Waals surface area contributed by atoms with Crippen LogP contribution in [0.5, 0.6) is 0 Å². The van der Waals surface area contributed by atoms with Crippen LogP contribution in [0.25, 0.3) is 0 Å². The van der Waals surface area contributed by atoms with Crippen LogP contribution in [0.3, 0.4) is 0 Å². The van der Waals surface area contributed by atoms with E-state index in [2.05, 4.69) is 5.10 Å². The highest BCUT2D eigenvalue weighted by Gasteiger charge is 2.40. The number of hydrogen-bond acceptors (Lipinski definition) is 5. The number of carboxylic acids is 1. The van der Waals surface area contributed by atoms with Gasteiger partial charge in [0.1, 0.15) is 11.6 Å². The van der Waals surface area contributed by atoms with E-state index in [9.17, 15) is 19.5 Å². The van der Waals surface area contributed by atoms with Gasteiger partial charge in [0.15, 0.2) is 0 Å². The minimum atomic E-state index is -1.19. The van der Waals surface area contributed by atoms with Crippen LogP contribution >= 0.6 is 0 Å². The molecule has 0 bridgehead atoms. The molecule has 0 saturated carbocycles. The van der Waals surface area contributed by atoms with Crippen LogP contribution in [0.4, 0.5) is 0 Å². The van der Waals surface area contributed by atoms with Gasteiger partial charge < -0.3 is 15.1 Å². The summed E-state index contributed by atoms with van der Waals surface area (Å²) >= 11 is 0. The van der Waals surface area contributed by atoms with Gasteiger partial charge in [0.05, 0.1) is 11.8 Å². The van der Waals surface area contributed by atoms with E-state index in [-0.39, 0.29) is 18.5 Å². The molecule has 2 atom stereocenters. The molecule has 8 heteroatoms. The lowest BCUT2D eigenvalue weighted by Gasteiger charge is -2.22. The Bertz CT molecular complexity index is 667. The zero-order valence-corrected chi connectivity index (χ0v) is 12.0. The van der Waals surface area contributed by atoms with E-state index in [1.54, 1.807) is 13.8 Å². The van der Waals surface area contributed by atoms with Gasteiger partial charge in [-0.05, 0) is 19.4 Å². The molecule has 2 heterocycles. The molecule has 2 rings (SSSR count). The van der Waals surface area contributed by atoms with Crippen molar-refractivity contribution in [3.05, 3.63) is 27.2 Å². The predicted molar refractivity (Wildman–Crippen MR) is 72.0 cm³/mol. The molecular weight excluding hydrogens is 278 g/mol. The number of aromatic nitrogens is 2. The largest absolute Gasteiger partial charge is 0.480 e. The summed E-state index contributed by atoms with van der Waals surface area (Å²) < 4.78 is 1.05. The van der Waals surface area contributed by atoms with Crippen LogP contribution in [-0.4, -0.2) is 55.5 Å². The number of aliphatic hydroxyl groups is 1. The van der Waals surface area contributed by atoms with Gasteiger partial charge in [0.2, 0.25) is 0 Å². The monoisotopic (exact) mass is 295 g/mol. The summed E-state index contributed by atoms with van der Waals surface area (Å²) in [5.74, 6) is -1.87. The number of aliphatic hydroxyl groups excluding tert-OH is 1. The normalized spacial score (nSPS) is 21.6. The van der Waals surface area contributed by atoms with Gasteiger partial charge in [-0.15, -0.1) is 0 Å². The predicted octanol–water partition coefficient (Wildman–Crippen LogP) is -0.943. The first kappa shape index (κ1) is 15.2. The maximum absolute atomic E-state index is 12.6. The number of hydrogen-bond donors (Lipinski definition) is 2. The van der Waals surface area contributed by atoms with E-state index in [1.165, 1.54) is 7.05 Å². The van der Waals surface area contributed by atoms with Crippen molar-refractivity contribution in [1.82, 2.24) is 14.7 Å². The molecule has 0 aliphatic carbocycles. The molecule has 1 aliphatic heterocycles. The second-order valence-corrected chi connectivity index (χ2v) is 5.22. The smallest absolute Gasteiger partial charge is 0.326 e. The average Bonchev–Trinajstić information content (AvgIpc) is 2.79. The number of aryl methyl sites for hydroxylation is 2. The fourth-order valence-electron chi connectivity index (χ4n) is 2.52. The third kappa shape index (κ3) is 2.54. The van der Waals surface area contributed by atoms with Crippen molar-refractivity contribution in [2.75, 3.05) is 6.54 Å². The summed E-state index contributed by atoms with van der Waals surface area (Å²) in [7, 11) is 1.43. The van der Waals surface area contributed by atoms with Crippen LogP contribution in [0, 0.1) is 13.8 Å². The molecule has 1 fully saturated rings. The lowest BCUT2D eigenvalue weighted by atomic mass is 10.1. The first-order valence-corrected chi connectivity index (χ1v) is 6.50. The molecule has 1 aromatic heterocycles. The molecule has 0 aromatic carbocycles. The van der Waals surface area contributed by atoms with E-state index in [4.69, 9.17) is 5.11 Å². The van der Waals surface area contributed by atoms with E-state index < -0.39 is 29.6 Å². The zero-order chi connectivity index (χ0) is 15.9. The molecule has 1 aliphatic rings. The number of nitrogens with zero attached hydrogens (tertiary/aromatic N) is 3. The summed E-state index contributed by atoms with van der Waals surface area (Å²) in [5, 5.41) is 22.7. The Kier molecular flexibility index (Phi) is 3.82. The van der Waals surface area contributed by atoms with Crippen molar-refractivity contribution in [2.45, 2.75) is 32.4 Å². The van der Waals surface area contributed by atoms with Crippen molar-refractivity contribution in [3.63, 3.8) is 0 Å². The molecule has 8 nitrogen and oxygen atoms in total. The van der Waals surface area contributed by atoms with Crippen LogP contribution in [0.2, 0.25) is 0 Å². The van der Waals surface area contributed by atoms with Crippen LogP contribution in [-0.2, 0) is 11.8 Å². The fraction of sp³-hybridized carbons (Fsp3) is 0.538. The summed E-state index contributed by atoms with van der Waals surface area (Å²) in [5.41, 5.74) is 0.277. The number of amides is 1. The third-order valence-corrected chi connectivity index (χ3v) is 3.76. The topological polar surface area (TPSA) is 113 Å². The number of carbonyl (C=O) groups is 2. The Morgan fingerprint density at radius 1 is 1.33 bits per heavy atom. The molecule has 0 spiro atoms. The Labute approximate surface area is 120 Å². The van der Waals surface area contributed by atoms with Crippen molar-refractivity contribution in [1.29, 1.82) is 0 Å². The Balaban J connectivity index is 2.50. The quantitative estimate of drug-likeness (QED) is 0.728. The van der Waals surface area contributed by atoms with Crippen LogP contribution in [0.15, 0.2) is 4.79 Å². The summed E-state index contributed by atoms with van der Waals surface area (Å²) in [4.78, 5) is 36.9. The average molecular weight is 295 g/mol. The first-order valence-electron chi connectivity index (χ1n) is 6.50. The molecule has 2 N–H and O–H groups in total. The van der Waals surface area contributed by atoms with E-state index in [0.717, 1.165) is 9.58 Å². The van der Waals surface area contributed by atoms with Gasteiger partial charge >= 0.3 is 5.97 Å². The molecule has 1 amide bonds. The number of carboxylic acid groups (broad SMARTS) is 1. The van der Waals surface area contributed by atoms with Crippen molar-refractivity contribution < 1.29 is 19.8 Å². The molecule has 1 unspecified atom stereocenters. The highest BCUT2D eigenvalue weighted by Crippen LogP contribution is 2.21. The van der Waals surface area contributed by atoms with Gasteiger partial charge in [0.25, 0.3) is 11.5 Å². The van der Waals surface area contributed by atoms with E-state index >= 15 is 0 Å². The third-order valence-electron chi connectivity index (χ3n) is 3.76. The van der Waals surface area contributed by atoms with Gasteiger partial charge in [0, 0.05) is 20.0 Å². The van der Waals surface area contributed by atoms with Crippen LogP contribution < -0.4 is 5.56 Å². The van der Waals surface area contributed by atoms with Gasteiger partial charge in [-0.2, -0.15) is 5.10 Å². The van der Waals surface area contributed by atoms with Gasteiger partial charge in [-0.1, -0.05) is 0 Å². The van der Waals surface area contributed by atoms with Crippen molar-refractivity contribution in [2.24, 2.45) is 7.05 Å². The number of rotatable bonds is 2. The highest BCUT2D eigenvalue weighted by atomic mass is 16.4. The second-order valence-electron chi connectivity index (χ2n) is 5.22. The number of carbonyl (C=O) groups excluding carboxylic acids is 1. The van der Waals surface area contributed by atoms with Crippen molar-refractivity contribution in [3.8, 4) is 0 Å². The second kappa shape index (κ2) is 5.28. The van der Waals surface area contributed by atoms with E-state index in [0.29, 0.717) is 11.3 Å². The molecule has 1 aromatic rings. The molecule has 114 valence electrons. The fourth-order valence-corrected chi connectivity index (χ4v) is 2.52. The van der Waals surface area contributed by atoms with Crippen molar-refractivity contribution >= 4 is 11.9 Å². The number of β-amino-alcohol motifs (C(OH)–C–C–N with tert-alkyl or cyclic N) is 1. The van der Waals surface area contributed by atoms with Gasteiger partial charge in [-0.3, -0.25) is 9.59 Å². The van der Waals surface area contributed by atoms with E-state index in [1.807, 2.05) is 0 Å². The highest BCUT2D eigenvalue weighted by molar-refractivity contribution is 5.98. The minimum Gasteiger partial charge on any atom is -0.480 e. The zero-order valence-electron chi connectivity index (χ0n) is 12.0. The number of likely N-dealkylation sites (tertiary alicyclic amines) is 1. The SMILES string of the molecule is Cc1nn(C)c(=O)c(C(=O)N2CC(O)C[C@H]2C(=O)O)c1C. The summed E-state index contributed by atoms with van der Waals surface area (Å²) in [6.07, 6.45) is -0.938. The molecule has 1 saturated heterocycles. The Hall–Kier alpha value is -2.22.